The molecule has 124 valence electrons. The summed E-state index contributed by atoms with van der Waals surface area (Å²) in [6.45, 7) is 7.27. The van der Waals surface area contributed by atoms with Crippen molar-refractivity contribution >= 4 is 17.2 Å². The number of carbonyl (C=O) groups is 1. The first-order chi connectivity index (χ1) is 10.7. The monoisotopic (exact) mass is 336 g/mol. The van der Waals surface area contributed by atoms with Crippen LogP contribution in [0.4, 0.5) is 0 Å². The number of hydrogen-bond acceptors (Lipinski definition) is 5. The summed E-state index contributed by atoms with van der Waals surface area (Å²) in [6, 6.07) is -0.188. The molecule has 0 saturated carbocycles. The van der Waals surface area contributed by atoms with E-state index in [0.29, 0.717) is 5.56 Å². The lowest BCUT2D eigenvalue weighted by molar-refractivity contribution is -0.132. The lowest BCUT2D eigenvalue weighted by atomic mass is 10.2. The quantitative estimate of drug-likeness (QED) is 0.907. The predicted molar refractivity (Wildman–Crippen MR) is 88.8 cm³/mol. The number of hydrogen-bond donors (Lipinski definition) is 1. The smallest absolute Gasteiger partial charge is 0.328 e. The largest absolute Gasteiger partial charge is 0.336 e. The maximum absolute atomic E-state index is 12.4. The number of H-pyrrole nitrogens is 1. The van der Waals surface area contributed by atoms with Crippen LogP contribution in [0.2, 0.25) is 0 Å². The average Bonchev–Trinajstić information content (AvgIpc) is 2.81. The van der Waals surface area contributed by atoms with E-state index in [1.54, 1.807) is 30.2 Å². The Hall–Kier alpha value is -2.22. The van der Waals surface area contributed by atoms with Crippen molar-refractivity contribution in [2.75, 3.05) is 7.05 Å². The van der Waals surface area contributed by atoms with Crippen LogP contribution in [0, 0.1) is 20.8 Å². The van der Waals surface area contributed by atoms with E-state index in [1.165, 1.54) is 10.8 Å². The lowest BCUT2D eigenvalue weighted by Crippen LogP contribution is -2.38. The van der Waals surface area contributed by atoms with Crippen LogP contribution in [0.5, 0.6) is 0 Å². The summed E-state index contributed by atoms with van der Waals surface area (Å²) in [5.74, 6) is -0.226. The van der Waals surface area contributed by atoms with Gasteiger partial charge in [0.05, 0.1) is 16.7 Å². The number of aromatic nitrogens is 3. The summed E-state index contributed by atoms with van der Waals surface area (Å²) in [5.41, 5.74) is 0.233. The van der Waals surface area contributed by atoms with Crippen molar-refractivity contribution in [2.24, 2.45) is 0 Å². The molecule has 0 aliphatic heterocycles. The van der Waals surface area contributed by atoms with Gasteiger partial charge in [-0.2, -0.15) is 0 Å². The highest BCUT2D eigenvalue weighted by Gasteiger charge is 2.22. The highest BCUT2D eigenvalue weighted by atomic mass is 32.1. The zero-order valence-electron chi connectivity index (χ0n) is 13.8. The van der Waals surface area contributed by atoms with Crippen LogP contribution in [-0.4, -0.2) is 32.4 Å². The van der Waals surface area contributed by atoms with Crippen LogP contribution in [-0.2, 0) is 11.3 Å². The fraction of sp³-hybridized carbons (Fsp3) is 0.467. The summed E-state index contributed by atoms with van der Waals surface area (Å²) in [5, 5.41) is 0.956. The van der Waals surface area contributed by atoms with Gasteiger partial charge in [0.25, 0.3) is 5.56 Å². The van der Waals surface area contributed by atoms with E-state index in [9.17, 15) is 14.4 Å². The van der Waals surface area contributed by atoms with Gasteiger partial charge in [0.1, 0.15) is 6.54 Å². The maximum atomic E-state index is 12.4. The molecular formula is C15H20N4O3S. The zero-order chi connectivity index (χ0) is 17.3. The SMILES string of the molecule is Cc1nc([C@H](C)N(C)C(=O)Cn2cc(C)c(=O)[nH]c2=O)c(C)s1. The molecule has 2 heterocycles. The van der Waals surface area contributed by atoms with E-state index < -0.39 is 11.2 Å². The summed E-state index contributed by atoms with van der Waals surface area (Å²) >= 11 is 1.59. The zero-order valence-corrected chi connectivity index (χ0v) is 14.7. The Morgan fingerprint density at radius 3 is 2.61 bits per heavy atom. The molecule has 2 aromatic heterocycles. The van der Waals surface area contributed by atoms with Gasteiger partial charge in [-0.05, 0) is 27.7 Å². The molecule has 2 rings (SSSR count). The van der Waals surface area contributed by atoms with Crippen LogP contribution in [0.15, 0.2) is 15.8 Å². The molecule has 0 aliphatic carbocycles. The van der Waals surface area contributed by atoms with Crippen molar-refractivity contribution in [3.63, 3.8) is 0 Å². The molecule has 1 N–H and O–H groups in total. The fourth-order valence-electron chi connectivity index (χ4n) is 2.33. The minimum atomic E-state index is -0.587. The van der Waals surface area contributed by atoms with Crippen molar-refractivity contribution in [1.82, 2.24) is 19.4 Å². The fourth-order valence-corrected chi connectivity index (χ4v) is 3.23. The van der Waals surface area contributed by atoms with E-state index in [4.69, 9.17) is 0 Å². The van der Waals surface area contributed by atoms with Gasteiger partial charge in [0.2, 0.25) is 5.91 Å². The third-order valence-electron chi connectivity index (χ3n) is 3.80. The van der Waals surface area contributed by atoms with Gasteiger partial charge in [0.15, 0.2) is 0 Å². The van der Waals surface area contributed by atoms with Gasteiger partial charge in [-0.3, -0.25) is 19.1 Å². The van der Waals surface area contributed by atoms with Gasteiger partial charge in [0, 0.05) is 23.7 Å². The summed E-state index contributed by atoms with van der Waals surface area (Å²) in [4.78, 5) is 44.9. The topological polar surface area (TPSA) is 88.1 Å². The second-order valence-electron chi connectivity index (χ2n) is 5.55. The number of aromatic amines is 1. The average molecular weight is 336 g/mol. The van der Waals surface area contributed by atoms with Crippen molar-refractivity contribution in [3.05, 3.63) is 48.2 Å². The second-order valence-corrected chi connectivity index (χ2v) is 6.96. The van der Waals surface area contributed by atoms with E-state index in [-0.39, 0.29) is 18.5 Å². The molecule has 7 nitrogen and oxygen atoms in total. The van der Waals surface area contributed by atoms with Gasteiger partial charge in [-0.25, -0.2) is 9.78 Å². The highest BCUT2D eigenvalue weighted by molar-refractivity contribution is 7.11. The molecule has 0 bridgehead atoms. The Morgan fingerprint density at radius 2 is 2.04 bits per heavy atom. The molecule has 0 unspecified atom stereocenters. The van der Waals surface area contributed by atoms with Crippen molar-refractivity contribution < 1.29 is 4.79 Å². The Kier molecular flexibility index (Phi) is 4.84. The number of amides is 1. The number of thiazole rings is 1. The number of aryl methyl sites for hydroxylation is 3. The van der Waals surface area contributed by atoms with Crippen molar-refractivity contribution in [1.29, 1.82) is 0 Å². The Balaban J connectivity index is 2.20. The van der Waals surface area contributed by atoms with E-state index in [0.717, 1.165) is 15.6 Å². The molecule has 1 atom stereocenters. The van der Waals surface area contributed by atoms with E-state index in [2.05, 4.69) is 9.97 Å². The molecule has 0 saturated heterocycles. The number of nitrogens with zero attached hydrogens (tertiary/aromatic N) is 3. The Labute approximate surface area is 137 Å². The van der Waals surface area contributed by atoms with Crippen LogP contribution in [0.1, 0.15) is 34.1 Å². The Bertz CT molecular complexity index is 849. The minimum Gasteiger partial charge on any atom is -0.336 e. The first-order valence-electron chi connectivity index (χ1n) is 7.20. The third-order valence-corrected chi connectivity index (χ3v) is 4.71. The molecular weight excluding hydrogens is 316 g/mol. The molecule has 1 amide bonds. The second kappa shape index (κ2) is 6.49. The van der Waals surface area contributed by atoms with Crippen LogP contribution >= 0.6 is 11.3 Å². The molecule has 0 fully saturated rings. The highest BCUT2D eigenvalue weighted by Crippen LogP contribution is 2.26. The number of nitrogens with one attached hydrogen (secondary N) is 1. The first-order valence-corrected chi connectivity index (χ1v) is 8.02. The first kappa shape index (κ1) is 17.1. The van der Waals surface area contributed by atoms with E-state index in [1.807, 2.05) is 20.8 Å². The maximum Gasteiger partial charge on any atom is 0.328 e. The Morgan fingerprint density at radius 1 is 1.39 bits per heavy atom. The van der Waals surface area contributed by atoms with Gasteiger partial charge in [-0.15, -0.1) is 11.3 Å². The normalized spacial score (nSPS) is 12.2. The van der Waals surface area contributed by atoms with E-state index >= 15 is 0 Å². The standard InChI is InChI=1S/C15H20N4O3S/c1-8-6-19(15(22)17-14(8)21)7-12(20)18(5)9(2)13-10(3)23-11(4)16-13/h6,9H,7H2,1-5H3,(H,17,21,22)/t9-/m0/s1. The molecule has 23 heavy (non-hydrogen) atoms. The molecule has 8 heteroatoms. The molecule has 2 aromatic rings. The van der Waals surface area contributed by atoms with Crippen molar-refractivity contribution in [2.45, 2.75) is 40.3 Å². The van der Waals surface area contributed by atoms with Crippen LogP contribution in [0.3, 0.4) is 0 Å². The van der Waals surface area contributed by atoms with Crippen LogP contribution in [0.25, 0.3) is 0 Å². The molecule has 0 aromatic carbocycles. The summed E-state index contributed by atoms with van der Waals surface area (Å²) in [7, 11) is 1.69. The molecule has 0 spiro atoms. The number of rotatable bonds is 4. The number of likely N-dealkylation sites (N-methyl/N-ethyl adjacent to an activating group) is 1. The predicted octanol–water partition coefficient (Wildman–Crippen LogP) is 1.14. The van der Waals surface area contributed by atoms with Crippen LogP contribution < -0.4 is 11.2 Å². The van der Waals surface area contributed by atoms with Gasteiger partial charge in [-0.1, -0.05) is 0 Å². The van der Waals surface area contributed by atoms with Crippen molar-refractivity contribution in [3.8, 4) is 0 Å². The van der Waals surface area contributed by atoms with Gasteiger partial charge >= 0.3 is 5.69 Å². The third kappa shape index (κ3) is 3.58. The van der Waals surface area contributed by atoms with Gasteiger partial charge < -0.3 is 4.90 Å². The number of carbonyl (C=O) groups excluding carboxylic acids is 1. The minimum absolute atomic E-state index is 0.126. The summed E-state index contributed by atoms with van der Waals surface area (Å²) < 4.78 is 1.21. The molecule has 0 aliphatic rings. The lowest BCUT2D eigenvalue weighted by Gasteiger charge is -2.24. The summed E-state index contributed by atoms with van der Waals surface area (Å²) in [6.07, 6.45) is 1.40. The molecule has 0 radical (unpaired) electrons.